The molecule has 0 saturated carbocycles. The molecule has 2 aromatic rings. The highest BCUT2D eigenvalue weighted by Crippen LogP contribution is 2.12. The fourth-order valence-corrected chi connectivity index (χ4v) is 2.83. The highest BCUT2D eigenvalue weighted by molar-refractivity contribution is 5.89. The van der Waals surface area contributed by atoms with E-state index < -0.39 is 0 Å². The van der Waals surface area contributed by atoms with Crippen molar-refractivity contribution in [1.29, 1.82) is 0 Å². The zero-order valence-corrected chi connectivity index (χ0v) is 15.5. The third-order valence-electron chi connectivity index (χ3n) is 4.46. The number of amides is 4. The van der Waals surface area contributed by atoms with Gasteiger partial charge in [0.25, 0.3) is 0 Å². The van der Waals surface area contributed by atoms with Crippen LogP contribution < -0.4 is 10.6 Å². The van der Waals surface area contributed by atoms with Gasteiger partial charge in [0.2, 0.25) is 11.8 Å². The number of hydrogen-bond acceptors (Lipinski definition) is 6. The molecule has 1 aliphatic heterocycles. The molecule has 1 saturated heterocycles. The van der Waals surface area contributed by atoms with Crippen molar-refractivity contribution in [2.45, 2.75) is 13.0 Å². The van der Waals surface area contributed by atoms with Crippen molar-refractivity contribution >= 4 is 23.5 Å². The van der Waals surface area contributed by atoms with Crippen LogP contribution >= 0.6 is 0 Å². The first-order valence-electron chi connectivity index (χ1n) is 8.89. The van der Waals surface area contributed by atoms with Crippen LogP contribution in [-0.2, 0) is 22.6 Å². The molecule has 0 bridgehead atoms. The first-order chi connectivity index (χ1) is 13.5. The number of anilines is 1. The fraction of sp³-hybridized carbons (Fsp3) is 0.412. The molecule has 1 aromatic heterocycles. The molecule has 4 amide bonds. The molecule has 148 valence electrons. The molecule has 2 N–H and O–H groups in total. The largest absolute Gasteiger partial charge is 0.359 e. The summed E-state index contributed by atoms with van der Waals surface area (Å²) in [4.78, 5) is 39.4. The van der Waals surface area contributed by atoms with Gasteiger partial charge in [0.05, 0.1) is 6.42 Å². The molecular formula is C17H22N8O3. The van der Waals surface area contributed by atoms with Crippen molar-refractivity contribution in [2.75, 3.05) is 38.5 Å². The zero-order chi connectivity index (χ0) is 19.9. The van der Waals surface area contributed by atoms with Crippen molar-refractivity contribution in [2.24, 2.45) is 0 Å². The van der Waals surface area contributed by atoms with E-state index in [1.54, 1.807) is 41.1 Å². The average Bonchev–Trinajstić information content (AvgIpc) is 3.22. The minimum atomic E-state index is -0.216. The third kappa shape index (κ3) is 5.02. The number of likely N-dealkylation sites (N-methyl/N-ethyl adjacent to an activating group) is 1. The number of carbonyl (C=O) groups is 3. The summed E-state index contributed by atoms with van der Waals surface area (Å²) in [7, 11) is 1.59. The van der Waals surface area contributed by atoms with E-state index in [1.807, 2.05) is 0 Å². The van der Waals surface area contributed by atoms with E-state index in [2.05, 4.69) is 26.2 Å². The van der Waals surface area contributed by atoms with Gasteiger partial charge >= 0.3 is 6.03 Å². The van der Waals surface area contributed by atoms with Gasteiger partial charge < -0.3 is 20.4 Å². The summed E-state index contributed by atoms with van der Waals surface area (Å²) in [5.41, 5.74) is 1.52. The van der Waals surface area contributed by atoms with Crippen LogP contribution in [0.4, 0.5) is 10.5 Å². The van der Waals surface area contributed by atoms with Gasteiger partial charge in [-0.1, -0.05) is 12.1 Å². The molecule has 28 heavy (non-hydrogen) atoms. The normalized spacial score (nSPS) is 13.9. The van der Waals surface area contributed by atoms with Gasteiger partial charge in [-0.2, -0.15) is 0 Å². The predicted molar refractivity (Wildman–Crippen MR) is 99.2 cm³/mol. The summed E-state index contributed by atoms with van der Waals surface area (Å²) in [6.45, 7) is 1.89. The molecule has 11 heteroatoms. The van der Waals surface area contributed by atoms with E-state index in [-0.39, 0.29) is 24.4 Å². The van der Waals surface area contributed by atoms with Crippen molar-refractivity contribution in [1.82, 2.24) is 35.3 Å². The number of tetrazole rings is 1. The summed E-state index contributed by atoms with van der Waals surface area (Å²) in [5, 5.41) is 16.1. The quantitative estimate of drug-likeness (QED) is 0.703. The van der Waals surface area contributed by atoms with Crippen LogP contribution in [0.2, 0.25) is 0 Å². The Kier molecular flexibility index (Phi) is 6.14. The second kappa shape index (κ2) is 8.93. The predicted octanol–water partition coefficient (Wildman–Crippen LogP) is -0.662. The minimum absolute atomic E-state index is 0.0655. The summed E-state index contributed by atoms with van der Waals surface area (Å²) in [5.74, 6) is -0.150. The Hall–Kier alpha value is -3.50. The minimum Gasteiger partial charge on any atom is -0.359 e. The molecule has 1 fully saturated rings. The average molecular weight is 386 g/mol. The second-order valence-electron chi connectivity index (χ2n) is 6.35. The van der Waals surface area contributed by atoms with Crippen molar-refractivity contribution in [3.8, 4) is 0 Å². The summed E-state index contributed by atoms with van der Waals surface area (Å²) in [6, 6.07) is 6.93. The highest BCUT2D eigenvalue weighted by Gasteiger charge is 2.24. The van der Waals surface area contributed by atoms with Gasteiger partial charge in [0, 0.05) is 38.9 Å². The molecule has 2 heterocycles. The van der Waals surface area contributed by atoms with E-state index >= 15 is 0 Å². The lowest BCUT2D eigenvalue weighted by atomic mass is 10.1. The summed E-state index contributed by atoms with van der Waals surface area (Å²) in [6.07, 6.45) is 1.69. The Morgan fingerprint density at radius 2 is 1.71 bits per heavy atom. The van der Waals surface area contributed by atoms with Crippen LogP contribution in [0.15, 0.2) is 30.6 Å². The summed E-state index contributed by atoms with van der Waals surface area (Å²) < 4.78 is 1.37. The first-order valence-corrected chi connectivity index (χ1v) is 8.89. The Morgan fingerprint density at radius 1 is 1.04 bits per heavy atom. The van der Waals surface area contributed by atoms with Gasteiger partial charge in [-0.15, -0.1) is 5.10 Å². The molecule has 0 aliphatic carbocycles. The van der Waals surface area contributed by atoms with Gasteiger partial charge in [0.1, 0.15) is 12.9 Å². The SMILES string of the molecule is CNC(=O)Cc1ccc(NC(=O)N2CCN(C(=O)Cn3cnnn3)CC2)cc1. The molecule has 3 rings (SSSR count). The van der Waals surface area contributed by atoms with E-state index in [4.69, 9.17) is 0 Å². The molecule has 11 nitrogen and oxygen atoms in total. The Labute approximate surface area is 161 Å². The number of nitrogens with zero attached hydrogens (tertiary/aromatic N) is 6. The smallest absolute Gasteiger partial charge is 0.321 e. The van der Waals surface area contributed by atoms with E-state index in [0.29, 0.717) is 38.3 Å². The highest BCUT2D eigenvalue weighted by atomic mass is 16.2. The van der Waals surface area contributed by atoms with Crippen LogP contribution in [0.25, 0.3) is 0 Å². The lowest BCUT2D eigenvalue weighted by Gasteiger charge is -2.34. The Bertz CT molecular complexity index is 813. The van der Waals surface area contributed by atoms with Crippen molar-refractivity contribution in [3.05, 3.63) is 36.2 Å². The summed E-state index contributed by atoms with van der Waals surface area (Å²) >= 11 is 0. The monoisotopic (exact) mass is 386 g/mol. The van der Waals surface area contributed by atoms with Gasteiger partial charge in [-0.05, 0) is 28.1 Å². The lowest BCUT2D eigenvalue weighted by Crippen LogP contribution is -2.52. The van der Waals surface area contributed by atoms with E-state index in [0.717, 1.165) is 5.56 Å². The molecule has 0 spiro atoms. The Morgan fingerprint density at radius 3 is 2.32 bits per heavy atom. The zero-order valence-electron chi connectivity index (χ0n) is 15.5. The molecular weight excluding hydrogens is 364 g/mol. The first kappa shape index (κ1) is 19.3. The van der Waals surface area contributed by atoms with Crippen LogP contribution in [0.5, 0.6) is 0 Å². The number of rotatable bonds is 5. The number of nitrogens with one attached hydrogen (secondary N) is 2. The van der Waals surface area contributed by atoms with Crippen LogP contribution in [0, 0.1) is 0 Å². The topological polar surface area (TPSA) is 125 Å². The van der Waals surface area contributed by atoms with Crippen LogP contribution in [0.3, 0.4) is 0 Å². The fourth-order valence-electron chi connectivity index (χ4n) is 2.83. The van der Waals surface area contributed by atoms with E-state index in [1.165, 1.54) is 11.0 Å². The van der Waals surface area contributed by atoms with Gasteiger partial charge in [-0.3, -0.25) is 9.59 Å². The maximum absolute atomic E-state index is 12.4. The van der Waals surface area contributed by atoms with Gasteiger partial charge in [-0.25, -0.2) is 9.48 Å². The number of hydrogen-bond donors (Lipinski definition) is 2. The molecule has 0 radical (unpaired) electrons. The Balaban J connectivity index is 1.46. The number of aromatic nitrogens is 4. The number of benzene rings is 1. The molecule has 0 atom stereocenters. The number of piperazine rings is 1. The van der Waals surface area contributed by atoms with E-state index in [9.17, 15) is 14.4 Å². The maximum atomic E-state index is 12.4. The standard InChI is InChI=1S/C17H22N8O3/c1-18-15(26)10-13-2-4-14(5-3-13)20-17(28)24-8-6-23(7-9-24)16(27)11-25-12-19-21-22-25/h2-5,12H,6-11H2,1H3,(H,18,26)(H,20,28). The number of carbonyl (C=O) groups excluding carboxylic acids is 3. The maximum Gasteiger partial charge on any atom is 0.321 e. The molecule has 0 unspecified atom stereocenters. The van der Waals surface area contributed by atoms with Crippen LogP contribution in [-0.4, -0.2) is 81.1 Å². The van der Waals surface area contributed by atoms with Crippen LogP contribution in [0.1, 0.15) is 5.56 Å². The van der Waals surface area contributed by atoms with Crippen molar-refractivity contribution in [3.63, 3.8) is 0 Å². The molecule has 1 aromatic carbocycles. The van der Waals surface area contributed by atoms with Gasteiger partial charge in [0.15, 0.2) is 0 Å². The lowest BCUT2D eigenvalue weighted by molar-refractivity contribution is -0.133. The van der Waals surface area contributed by atoms with Crippen molar-refractivity contribution < 1.29 is 14.4 Å². The second-order valence-corrected chi connectivity index (χ2v) is 6.35. The third-order valence-corrected chi connectivity index (χ3v) is 4.46. The number of urea groups is 1. The molecule has 1 aliphatic rings.